The first-order valence-corrected chi connectivity index (χ1v) is 11.3. The maximum Gasteiger partial charge on any atom is 0.331 e. The van der Waals surface area contributed by atoms with Crippen LogP contribution in [-0.2, 0) is 28.5 Å². The van der Waals surface area contributed by atoms with Gasteiger partial charge < -0.3 is 24.1 Å². The van der Waals surface area contributed by atoms with Crippen molar-refractivity contribution in [3.63, 3.8) is 0 Å². The smallest absolute Gasteiger partial charge is 0.331 e. The van der Waals surface area contributed by atoms with Crippen LogP contribution in [0.5, 0.6) is 0 Å². The van der Waals surface area contributed by atoms with E-state index in [1.807, 2.05) is 0 Å². The molecule has 3 rings (SSSR count). The molecule has 33 heavy (non-hydrogen) atoms. The quantitative estimate of drug-likeness (QED) is 0.174. The van der Waals surface area contributed by atoms with Gasteiger partial charge in [0.2, 0.25) is 0 Å². The maximum atomic E-state index is 12.4. The van der Waals surface area contributed by atoms with E-state index in [0.717, 1.165) is 18.9 Å². The summed E-state index contributed by atoms with van der Waals surface area (Å²) in [5.74, 6) is -1.45. The summed E-state index contributed by atoms with van der Waals surface area (Å²) in [4.78, 5) is 22.8. The number of aliphatic carboxylic acids is 1. The van der Waals surface area contributed by atoms with Crippen molar-refractivity contribution in [2.75, 3.05) is 13.7 Å². The number of carbonyl (C=O) groups is 2. The lowest BCUT2D eigenvalue weighted by Crippen LogP contribution is -2.55. The van der Waals surface area contributed by atoms with Gasteiger partial charge in [-0.2, -0.15) is 0 Å². The fourth-order valence-corrected chi connectivity index (χ4v) is 4.79. The maximum absolute atomic E-state index is 12.4. The highest BCUT2D eigenvalue weighted by atomic mass is 16.6. The summed E-state index contributed by atoms with van der Waals surface area (Å²) in [7, 11) is 1.65. The summed E-state index contributed by atoms with van der Waals surface area (Å²) in [5, 5.41) is 8.51. The first kappa shape index (κ1) is 25.1. The molecular weight excluding hydrogens is 424 g/mol. The largest absolute Gasteiger partial charge is 0.478 e. The number of carbonyl (C=O) groups excluding carboxylic acids is 1. The Kier molecular flexibility index (Phi) is 8.10. The molecule has 0 bridgehead atoms. The summed E-state index contributed by atoms with van der Waals surface area (Å²) in [6, 6.07) is 0. The fourth-order valence-electron chi connectivity index (χ4n) is 4.79. The molecule has 180 valence electrons. The topological polar surface area (TPSA) is 97.9 Å². The zero-order chi connectivity index (χ0) is 24.1. The van der Waals surface area contributed by atoms with Crippen molar-refractivity contribution in [3.8, 4) is 0 Å². The minimum absolute atomic E-state index is 0.00928. The van der Waals surface area contributed by atoms with E-state index in [9.17, 15) is 9.59 Å². The summed E-state index contributed by atoms with van der Waals surface area (Å²) >= 11 is 0. The lowest BCUT2D eigenvalue weighted by atomic mass is 9.68. The minimum Gasteiger partial charge on any atom is -0.478 e. The highest BCUT2D eigenvalue weighted by molar-refractivity contribution is 5.82. The Morgan fingerprint density at radius 1 is 1.09 bits per heavy atom. The Balaban J connectivity index is 1.59. The second-order valence-electron chi connectivity index (χ2n) is 9.18. The van der Waals surface area contributed by atoms with Crippen molar-refractivity contribution < 1.29 is 33.6 Å². The molecule has 6 atom stereocenters. The summed E-state index contributed by atoms with van der Waals surface area (Å²) in [6.07, 6.45) is 16.0. The first-order valence-electron chi connectivity index (χ1n) is 11.3. The van der Waals surface area contributed by atoms with Crippen LogP contribution in [0.2, 0.25) is 0 Å². The molecule has 0 radical (unpaired) electrons. The second kappa shape index (κ2) is 10.6. The molecule has 4 unspecified atom stereocenters. The number of carboxylic acids is 1. The van der Waals surface area contributed by atoms with Gasteiger partial charge >= 0.3 is 11.9 Å². The van der Waals surface area contributed by atoms with Gasteiger partial charge in [-0.15, -0.1) is 0 Å². The molecule has 7 heteroatoms. The first-order chi connectivity index (χ1) is 15.7. The molecule has 2 aliphatic heterocycles. The van der Waals surface area contributed by atoms with Crippen LogP contribution < -0.4 is 0 Å². The Morgan fingerprint density at radius 2 is 1.73 bits per heavy atom. The summed E-state index contributed by atoms with van der Waals surface area (Å²) < 4.78 is 23.8. The summed E-state index contributed by atoms with van der Waals surface area (Å²) in [5.41, 5.74) is 0.642. The van der Waals surface area contributed by atoms with Gasteiger partial charge in [0.25, 0.3) is 0 Å². The van der Waals surface area contributed by atoms with Crippen LogP contribution in [0.25, 0.3) is 0 Å². The van der Waals surface area contributed by atoms with E-state index in [-0.39, 0.29) is 35.4 Å². The molecule has 3 fully saturated rings. The lowest BCUT2D eigenvalue weighted by Gasteiger charge is -2.42. The number of epoxide rings is 2. The molecular formula is C26H34O7. The van der Waals surface area contributed by atoms with Crippen LogP contribution in [0.15, 0.2) is 60.3 Å². The van der Waals surface area contributed by atoms with Crippen molar-refractivity contribution in [1.29, 1.82) is 0 Å². The molecule has 3 aliphatic rings. The molecule has 0 aromatic rings. The third-order valence-corrected chi connectivity index (χ3v) is 6.53. The van der Waals surface area contributed by atoms with Gasteiger partial charge in [-0.3, -0.25) is 0 Å². The van der Waals surface area contributed by atoms with Gasteiger partial charge in [-0.05, 0) is 40.0 Å². The zero-order valence-corrected chi connectivity index (χ0v) is 19.7. The van der Waals surface area contributed by atoms with Crippen LogP contribution >= 0.6 is 0 Å². The zero-order valence-electron chi connectivity index (χ0n) is 19.7. The second-order valence-corrected chi connectivity index (χ2v) is 9.18. The SMILES string of the molecule is COC1C(OC(=O)C=CC=CC=CC=CC(=O)O)CC[C@]2(CO2)C1[C@@]1(C)OC1CC=C(C)C. The van der Waals surface area contributed by atoms with E-state index in [1.165, 1.54) is 17.7 Å². The highest BCUT2D eigenvalue weighted by Crippen LogP contribution is 2.59. The molecule has 1 N–H and O–H groups in total. The van der Waals surface area contributed by atoms with Crippen molar-refractivity contribution in [2.24, 2.45) is 5.92 Å². The Bertz CT molecular complexity index is 873. The van der Waals surface area contributed by atoms with E-state index in [2.05, 4.69) is 26.8 Å². The van der Waals surface area contributed by atoms with Crippen LogP contribution in [0, 0.1) is 5.92 Å². The van der Waals surface area contributed by atoms with Crippen molar-refractivity contribution in [3.05, 3.63) is 60.3 Å². The lowest BCUT2D eigenvalue weighted by molar-refractivity contribution is -0.166. The van der Waals surface area contributed by atoms with Gasteiger partial charge in [-0.25, -0.2) is 9.59 Å². The van der Waals surface area contributed by atoms with Gasteiger partial charge in [0.1, 0.15) is 23.4 Å². The standard InChI is InChI=1S/C26H34O7/c1-18(2)13-14-20-25(3,33-20)24-23(30-4)19(15-16-26(24)17-31-26)32-22(29)12-10-8-6-5-7-9-11-21(27)28/h5-13,19-20,23-24H,14-17H2,1-4H3,(H,27,28)/t19?,20?,23?,24?,25-,26-/m0/s1. The van der Waals surface area contributed by atoms with E-state index < -0.39 is 11.9 Å². The Hall–Kier alpha value is -2.48. The van der Waals surface area contributed by atoms with E-state index in [4.69, 9.17) is 24.1 Å². The molecule has 2 saturated heterocycles. The monoisotopic (exact) mass is 458 g/mol. The average Bonchev–Trinajstić information content (AvgIpc) is 3.67. The Labute approximate surface area is 195 Å². The van der Waals surface area contributed by atoms with Crippen LogP contribution in [0.3, 0.4) is 0 Å². The normalized spacial score (nSPS) is 35.6. The van der Waals surface area contributed by atoms with Crippen molar-refractivity contribution >= 4 is 11.9 Å². The number of hydrogen-bond donors (Lipinski definition) is 1. The minimum atomic E-state index is -1.00. The van der Waals surface area contributed by atoms with E-state index >= 15 is 0 Å². The van der Waals surface area contributed by atoms with Crippen LogP contribution in [0.1, 0.15) is 40.0 Å². The number of carboxylic acid groups (broad SMARTS) is 1. The molecule has 2 heterocycles. The molecule has 1 aliphatic carbocycles. The number of ether oxygens (including phenoxy) is 4. The predicted molar refractivity (Wildman–Crippen MR) is 124 cm³/mol. The molecule has 7 nitrogen and oxygen atoms in total. The number of hydrogen-bond acceptors (Lipinski definition) is 6. The summed E-state index contributed by atoms with van der Waals surface area (Å²) in [6.45, 7) is 6.96. The third-order valence-electron chi connectivity index (χ3n) is 6.53. The number of rotatable bonds is 10. The highest BCUT2D eigenvalue weighted by Gasteiger charge is 2.72. The molecule has 0 amide bonds. The number of methoxy groups -OCH3 is 1. The molecule has 0 aromatic heterocycles. The van der Waals surface area contributed by atoms with E-state index in [0.29, 0.717) is 13.0 Å². The number of esters is 1. The third kappa shape index (κ3) is 6.31. The molecule has 0 aromatic carbocycles. The van der Waals surface area contributed by atoms with Crippen LogP contribution in [0.4, 0.5) is 0 Å². The molecule has 1 spiro atoms. The van der Waals surface area contributed by atoms with Gasteiger partial charge in [0, 0.05) is 19.3 Å². The van der Waals surface area contributed by atoms with Gasteiger partial charge in [0.15, 0.2) is 0 Å². The fraction of sp³-hybridized carbons (Fsp3) is 0.538. The average molecular weight is 459 g/mol. The predicted octanol–water partition coefficient (Wildman–Crippen LogP) is 3.92. The molecule has 1 saturated carbocycles. The van der Waals surface area contributed by atoms with Crippen molar-refractivity contribution in [1.82, 2.24) is 0 Å². The number of allylic oxidation sites excluding steroid dienone is 7. The van der Waals surface area contributed by atoms with Gasteiger partial charge in [0.05, 0.1) is 18.6 Å². The van der Waals surface area contributed by atoms with Gasteiger partial charge in [-0.1, -0.05) is 48.1 Å². The van der Waals surface area contributed by atoms with E-state index in [1.54, 1.807) is 37.5 Å². The Morgan fingerprint density at radius 3 is 2.30 bits per heavy atom. The van der Waals surface area contributed by atoms with Crippen LogP contribution in [-0.4, -0.2) is 60.3 Å². The van der Waals surface area contributed by atoms with Crippen molar-refractivity contribution in [2.45, 2.75) is 69.5 Å².